The van der Waals surface area contributed by atoms with Gasteiger partial charge in [0.1, 0.15) is 17.4 Å². The van der Waals surface area contributed by atoms with Gasteiger partial charge in [-0.1, -0.05) is 28.1 Å². The van der Waals surface area contributed by atoms with Crippen LogP contribution in [0, 0.1) is 11.6 Å². The Kier molecular flexibility index (Phi) is 4.53. The summed E-state index contributed by atoms with van der Waals surface area (Å²) in [4.78, 5) is -0.256. The molecule has 0 aliphatic heterocycles. The van der Waals surface area contributed by atoms with Crippen LogP contribution in [-0.2, 0) is 0 Å². The highest BCUT2D eigenvalue weighted by atomic mass is 79.9. The predicted molar refractivity (Wildman–Crippen MR) is 74.7 cm³/mol. The quantitative estimate of drug-likeness (QED) is 0.730. The molecular formula is C15H13BrF2O. The van der Waals surface area contributed by atoms with E-state index in [-0.39, 0.29) is 4.83 Å². The summed E-state index contributed by atoms with van der Waals surface area (Å²) in [6.07, 6.45) is 0. The Balaban J connectivity index is 2.25. The molecule has 0 aliphatic carbocycles. The Bertz CT molecular complexity index is 534. The Hall–Kier alpha value is -1.42. The highest BCUT2D eigenvalue weighted by Crippen LogP contribution is 2.32. The predicted octanol–water partition coefficient (Wildman–Crippen LogP) is 4.85. The van der Waals surface area contributed by atoms with E-state index in [1.165, 1.54) is 12.1 Å². The van der Waals surface area contributed by atoms with E-state index in [1.807, 2.05) is 31.2 Å². The Morgan fingerprint density at radius 1 is 1.00 bits per heavy atom. The topological polar surface area (TPSA) is 9.23 Å². The minimum Gasteiger partial charge on any atom is -0.494 e. The monoisotopic (exact) mass is 326 g/mol. The SMILES string of the molecule is CCOc1ccc(C(Br)c2cc(F)cc(F)c2)cc1. The summed E-state index contributed by atoms with van der Waals surface area (Å²) in [5.74, 6) is -0.382. The zero-order chi connectivity index (χ0) is 13.8. The highest BCUT2D eigenvalue weighted by molar-refractivity contribution is 9.09. The van der Waals surface area contributed by atoms with E-state index in [0.29, 0.717) is 12.2 Å². The normalized spacial score (nSPS) is 12.2. The molecule has 0 radical (unpaired) electrons. The second-order valence-corrected chi connectivity index (χ2v) is 4.98. The summed E-state index contributed by atoms with van der Waals surface area (Å²) in [6, 6.07) is 10.9. The van der Waals surface area contributed by atoms with Gasteiger partial charge in [-0.05, 0) is 42.3 Å². The van der Waals surface area contributed by atoms with Crippen LogP contribution in [-0.4, -0.2) is 6.61 Å². The number of alkyl halides is 1. The molecule has 4 heteroatoms. The van der Waals surface area contributed by atoms with Gasteiger partial charge in [-0.2, -0.15) is 0 Å². The molecule has 2 aromatic carbocycles. The van der Waals surface area contributed by atoms with Gasteiger partial charge in [0.05, 0.1) is 11.4 Å². The van der Waals surface area contributed by atoms with Gasteiger partial charge in [0.2, 0.25) is 0 Å². The first kappa shape index (κ1) is 14.0. The third kappa shape index (κ3) is 3.53. The third-order valence-corrected chi connectivity index (χ3v) is 3.72. The number of ether oxygens (including phenoxy) is 1. The molecule has 0 fully saturated rings. The summed E-state index contributed by atoms with van der Waals surface area (Å²) in [6.45, 7) is 2.52. The summed E-state index contributed by atoms with van der Waals surface area (Å²) in [5, 5.41) is 0. The minimum absolute atomic E-state index is 0.256. The van der Waals surface area contributed by atoms with E-state index in [1.54, 1.807) is 0 Å². The molecule has 1 nitrogen and oxygen atoms in total. The summed E-state index contributed by atoms with van der Waals surface area (Å²) in [5.41, 5.74) is 1.45. The van der Waals surface area contributed by atoms with E-state index < -0.39 is 11.6 Å². The number of halogens is 3. The standard InChI is InChI=1S/C15H13BrF2O/c1-2-19-14-5-3-10(4-6-14)15(16)11-7-12(17)9-13(18)8-11/h3-9,15H,2H2,1H3. The van der Waals surface area contributed by atoms with Crippen molar-refractivity contribution in [1.82, 2.24) is 0 Å². The van der Waals surface area contributed by atoms with Gasteiger partial charge in [-0.3, -0.25) is 0 Å². The van der Waals surface area contributed by atoms with Crippen LogP contribution in [0.1, 0.15) is 22.9 Å². The van der Waals surface area contributed by atoms with Crippen LogP contribution >= 0.6 is 15.9 Å². The molecule has 0 amide bonds. The lowest BCUT2D eigenvalue weighted by molar-refractivity contribution is 0.340. The van der Waals surface area contributed by atoms with Crippen LogP contribution in [0.5, 0.6) is 5.75 Å². The van der Waals surface area contributed by atoms with Crippen LogP contribution in [0.3, 0.4) is 0 Å². The van der Waals surface area contributed by atoms with Crippen molar-refractivity contribution in [3.63, 3.8) is 0 Å². The van der Waals surface area contributed by atoms with Crippen molar-refractivity contribution < 1.29 is 13.5 Å². The average molecular weight is 327 g/mol. The summed E-state index contributed by atoms with van der Waals surface area (Å²) >= 11 is 3.45. The number of hydrogen-bond acceptors (Lipinski definition) is 1. The largest absolute Gasteiger partial charge is 0.494 e. The van der Waals surface area contributed by atoms with Crippen LogP contribution in [0.25, 0.3) is 0 Å². The minimum atomic E-state index is -0.578. The van der Waals surface area contributed by atoms with Crippen molar-refractivity contribution in [3.05, 3.63) is 65.2 Å². The fraction of sp³-hybridized carbons (Fsp3) is 0.200. The van der Waals surface area contributed by atoms with Crippen molar-refractivity contribution in [2.24, 2.45) is 0 Å². The third-order valence-electron chi connectivity index (χ3n) is 2.66. The molecule has 2 rings (SSSR count). The van der Waals surface area contributed by atoms with Gasteiger partial charge in [0.25, 0.3) is 0 Å². The van der Waals surface area contributed by atoms with Gasteiger partial charge in [0, 0.05) is 6.07 Å². The molecule has 0 N–H and O–H groups in total. The van der Waals surface area contributed by atoms with Gasteiger partial charge in [-0.15, -0.1) is 0 Å². The number of hydrogen-bond donors (Lipinski definition) is 0. The first-order valence-electron chi connectivity index (χ1n) is 5.93. The Morgan fingerprint density at radius 2 is 1.58 bits per heavy atom. The van der Waals surface area contributed by atoms with Crippen LogP contribution in [0.4, 0.5) is 8.78 Å². The lowest BCUT2D eigenvalue weighted by Gasteiger charge is -2.12. The van der Waals surface area contributed by atoms with Crippen molar-refractivity contribution >= 4 is 15.9 Å². The van der Waals surface area contributed by atoms with Crippen molar-refractivity contribution in [3.8, 4) is 5.75 Å². The molecule has 1 unspecified atom stereocenters. The molecule has 0 spiro atoms. The van der Waals surface area contributed by atoms with Gasteiger partial charge in [-0.25, -0.2) is 8.78 Å². The second-order valence-electron chi connectivity index (χ2n) is 4.07. The van der Waals surface area contributed by atoms with Crippen LogP contribution < -0.4 is 4.74 Å². The summed E-state index contributed by atoms with van der Waals surface area (Å²) < 4.78 is 31.7. The van der Waals surface area contributed by atoms with E-state index in [2.05, 4.69) is 15.9 Å². The van der Waals surface area contributed by atoms with E-state index in [0.717, 1.165) is 17.4 Å². The first-order valence-corrected chi connectivity index (χ1v) is 6.84. The number of benzene rings is 2. The molecule has 1 atom stereocenters. The molecule has 2 aromatic rings. The maximum absolute atomic E-state index is 13.2. The highest BCUT2D eigenvalue weighted by Gasteiger charge is 2.12. The van der Waals surface area contributed by atoms with Crippen LogP contribution in [0.15, 0.2) is 42.5 Å². The van der Waals surface area contributed by atoms with Gasteiger partial charge < -0.3 is 4.74 Å². The lowest BCUT2D eigenvalue weighted by Crippen LogP contribution is -1.96. The maximum Gasteiger partial charge on any atom is 0.126 e. The molecule has 0 saturated heterocycles. The first-order chi connectivity index (χ1) is 9.10. The van der Waals surface area contributed by atoms with Crippen molar-refractivity contribution in [2.45, 2.75) is 11.8 Å². The van der Waals surface area contributed by atoms with E-state index >= 15 is 0 Å². The van der Waals surface area contributed by atoms with Crippen molar-refractivity contribution in [2.75, 3.05) is 6.61 Å². The smallest absolute Gasteiger partial charge is 0.126 e. The molecule has 0 aromatic heterocycles. The molecule has 100 valence electrons. The maximum atomic E-state index is 13.2. The lowest BCUT2D eigenvalue weighted by atomic mass is 10.0. The Labute approximate surface area is 119 Å². The molecule has 0 saturated carbocycles. The molecule has 0 bridgehead atoms. The fourth-order valence-corrected chi connectivity index (χ4v) is 2.38. The van der Waals surface area contributed by atoms with Crippen molar-refractivity contribution in [1.29, 1.82) is 0 Å². The number of rotatable bonds is 4. The molecule has 19 heavy (non-hydrogen) atoms. The zero-order valence-electron chi connectivity index (χ0n) is 10.4. The average Bonchev–Trinajstić information content (AvgIpc) is 2.38. The van der Waals surface area contributed by atoms with Crippen LogP contribution in [0.2, 0.25) is 0 Å². The fourth-order valence-electron chi connectivity index (χ4n) is 1.81. The Morgan fingerprint density at radius 3 is 2.11 bits per heavy atom. The summed E-state index contributed by atoms with van der Waals surface area (Å²) in [7, 11) is 0. The molecule has 0 aliphatic rings. The molecule has 0 heterocycles. The zero-order valence-corrected chi connectivity index (χ0v) is 12.0. The van der Waals surface area contributed by atoms with Gasteiger partial charge >= 0.3 is 0 Å². The van der Waals surface area contributed by atoms with E-state index in [9.17, 15) is 8.78 Å². The molecular weight excluding hydrogens is 314 g/mol. The van der Waals surface area contributed by atoms with Gasteiger partial charge in [0.15, 0.2) is 0 Å². The van der Waals surface area contributed by atoms with E-state index in [4.69, 9.17) is 4.74 Å². The second kappa shape index (κ2) is 6.15.